The molecule has 0 spiro atoms. The van der Waals surface area contributed by atoms with E-state index in [0.29, 0.717) is 10.9 Å². The van der Waals surface area contributed by atoms with Crippen molar-refractivity contribution in [2.45, 2.75) is 31.2 Å². The van der Waals surface area contributed by atoms with Crippen molar-refractivity contribution in [3.05, 3.63) is 29.3 Å². The molecule has 0 saturated carbocycles. The highest BCUT2D eigenvalue weighted by atomic mass is 79.9. The first-order valence-corrected chi connectivity index (χ1v) is 7.63. The van der Waals surface area contributed by atoms with Crippen molar-refractivity contribution in [2.24, 2.45) is 0 Å². The number of rotatable bonds is 7. The molecular formula is C12H16BrNO4S. The van der Waals surface area contributed by atoms with Gasteiger partial charge in [-0.25, -0.2) is 5.26 Å². The molecule has 1 unspecified atom stereocenters. The first kappa shape index (κ1) is 16.5. The monoisotopic (exact) mass is 349 g/mol. The van der Waals surface area contributed by atoms with Gasteiger partial charge in [-0.3, -0.25) is 4.79 Å². The molecular weight excluding hydrogens is 334 g/mol. The van der Waals surface area contributed by atoms with Gasteiger partial charge in [0, 0.05) is 21.8 Å². The summed E-state index contributed by atoms with van der Waals surface area (Å²) in [5.74, 6) is -0.0975. The molecule has 0 fully saturated rings. The number of carbonyl (C=O) groups is 1. The average Bonchev–Trinajstić information content (AvgIpc) is 2.44. The SMILES string of the molecule is CCc1cc(SOOO)ccc1C(=O)NC(C)CBr. The molecule has 2 N–H and O–H groups in total. The lowest BCUT2D eigenvalue weighted by atomic mass is 10.0. The lowest BCUT2D eigenvalue weighted by Crippen LogP contribution is -2.34. The molecule has 1 aromatic rings. The molecule has 0 aliphatic rings. The van der Waals surface area contributed by atoms with Crippen LogP contribution in [0.1, 0.15) is 29.8 Å². The molecule has 5 nitrogen and oxygen atoms in total. The molecule has 1 aromatic carbocycles. The van der Waals surface area contributed by atoms with Crippen molar-refractivity contribution in [3.63, 3.8) is 0 Å². The van der Waals surface area contributed by atoms with Gasteiger partial charge in [0.25, 0.3) is 5.91 Å². The van der Waals surface area contributed by atoms with Crippen molar-refractivity contribution in [1.82, 2.24) is 5.32 Å². The van der Waals surface area contributed by atoms with Crippen LogP contribution in [-0.2, 0) is 15.8 Å². The molecule has 1 rings (SSSR count). The first-order chi connectivity index (χ1) is 9.12. The molecule has 0 bridgehead atoms. The van der Waals surface area contributed by atoms with Crippen molar-refractivity contribution < 1.29 is 19.4 Å². The van der Waals surface area contributed by atoms with Crippen molar-refractivity contribution in [3.8, 4) is 0 Å². The molecule has 7 heteroatoms. The summed E-state index contributed by atoms with van der Waals surface area (Å²) in [6, 6.07) is 5.36. The van der Waals surface area contributed by atoms with E-state index in [2.05, 4.69) is 30.6 Å². The summed E-state index contributed by atoms with van der Waals surface area (Å²) < 4.78 is 4.37. The summed E-state index contributed by atoms with van der Waals surface area (Å²) in [4.78, 5) is 12.8. The summed E-state index contributed by atoms with van der Waals surface area (Å²) in [7, 11) is 0. The van der Waals surface area contributed by atoms with Gasteiger partial charge in [-0.2, -0.15) is 0 Å². The summed E-state index contributed by atoms with van der Waals surface area (Å²) in [6.45, 7) is 3.90. The van der Waals surface area contributed by atoms with E-state index in [9.17, 15) is 4.79 Å². The van der Waals surface area contributed by atoms with Crippen molar-refractivity contribution in [1.29, 1.82) is 0 Å². The largest absolute Gasteiger partial charge is 0.349 e. The standard InChI is InChI=1S/C12H16BrNO4S/c1-3-9-6-10(19-18-17-16)4-5-11(9)12(15)14-8(2)7-13/h4-6,8,16H,3,7H2,1-2H3,(H,14,15). The summed E-state index contributed by atoms with van der Waals surface area (Å²) in [5.41, 5.74) is 1.55. The van der Waals surface area contributed by atoms with Gasteiger partial charge in [0.15, 0.2) is 0 Å². The Bertz CT molecular complexity index is 430. The van der Waals surface area contributed by atoms with E-state index in [1.54, 1.807) is 12.1 Å². The van der Waals surface area contributed by atoms with Gasteiger partial charge in [-0.15, -0.1) is 4.33 Å². The maximum absolute atomic E-state index is 12.1. The molecule has 0 aliphatic carbocycles. The highest BCUT2D eigenvalue weighted by Crippen LogP contribution is 2.23. The van der Waals surface area contributed by atoms with Crippen LogP contribution in [0.25, 0.3) is 0 Å². The Morgan fingerprint density at radius 3 is 2.89 bits per heavy atom. The Balaban J connectivity index is 2.86. The zero-order chi connectivity index (χ0) is 14.3. The quantitative estimate of drug-likeness (QED) is 0.342. The number of aryl methyl sites for hydroxylation is 1. The molecule has 106 valence electrons. The van der Waals surface area contributed by atoms with E-state index < -0.39 is 0 Å². The average molecular weight is 350 g/mol. The maximum Gasteiger partial charge on any atom is 0.251 e. The van der Waals surface area contributed by atoms with E-state index in [4.69, 9.17) is 5.26 Å². The second-order valence-electron chi connectivity index (χ2n) is 3.93. The highest BCUT2D eigenvalue weighted by Gasteiger charge is 2.13. The zero-order valence-corrected chi connectivity index (χ0v) is 13.1. The van der Waals surface area contributed by atoms with E-state index in [1.165, 1.54) is 0 Å². The molecule has 0 heterocycles. The van der Waals surface area contributed by atoms with Crippen LogP contribution >= 0.6 is 28.0 Å². The first-order valence-electron chi connectivity index (χ1n) is 5.76. The van der Waals surface area contributed by atoms with Gasteiger partial charge in [0.05, 0.1) is 12.0 Å². The second kappa shape index (κ2) is 8.55. The minimum absolute atomic E-state index is 0.0670. The van der Waals surface area contributed by atoms with Crippen LogP contribution in [0.3, 0.4) is 0 Å². The highest BCUT2D eigenvalue weighted by molar-refractivity contribution is 9.09. The maximum atomic E-state index is 12.1. The Morgan fingerprint density at radius 2 is 2.32 bits per heavy atom. The van der Waals surface area contributed by atoms with Gasteiger partial charge in [-0.05, 0) is 37.1 Å². The van der Waals surface area contributed by atoms with Gasteiger partial charge in [0.2, 0.25) is 0 Å². The van der Waals surface area contributed by atoms with Gasteiger partial charge in [-0.1, -0.05) is 27.9 Å². The number of halogens is 1. The number of hydrogen-bond donors (Lipinski definition) is 2. The molecule has 1 atom stereocenters. The molecule has 0 aromatic heterocycles. The van der Waals surface area contributed by atoms with E-state index in [0.717, 1.165) is 28.9 Å². The molecule has 0 radical (unpaired) electrons. The van der Waals surface area contributed by atoms with Crippen LogP contribution in [-0.4, -0.2) is 22.5 Å². The smallest absolute Gasteiger partial charge is 0.251 e. The number of hydrogen-bond acceptors (Lipinski definition) is 5. The predicted molar refractivity (Wildman–Crippen MR) is 77.2 cm³/mol. The molecule has 1 amide bonds. The summed E-state index contributed by atoms with van der Waals surface area (Å²) in [5, 5.41) is 15.3. The fraction of sp³-hybridized carbons (Fsp3) is 0.417. The minimum Gasteiger partial charge on any atom is -0.349 e. The third kappa shape index (κ3) is 5.12. The molecule has 19 heavy (non-hydrogen) atoms. The van der Waals surface area contributed by atoms with Crippen LogP contribution < -0.4 is 5.32 Å². The number of alkyl halides is 1. The summed E-state index contributed by atoms with van der Waals surface area (Å²) in [6.07, 6.45) is 0.722. The van der Waals surface area contributed by atoms with Crippen LogP contribution in [0.4, 0.5) is 0 Å². The third-order valence-electron chi connectivity index (χ3n) is 2.47. The van der Waals surface area contributed by atoms with Crippen LogP contribution in [0.15, 0.2) is 23.1 Å². The Labute approximate surface area is 124 Å². The molecule has 0 saturated heterocycles. The van der Waals surface area contributed by atoms with E-state index in [-0.39, 0.29) is 11.9 Å². The van der Waals surface area contributed by atoms with Crippen molar-refractivity contribution >= 4 is 33.9 Å². The van der Waals surface area contributed by atoms with E-state index >= 15 is 0 Å². The Morgan fingerprint density at radius 1 is 1.58 bits per heavy atom. The minimum atomic E-state index is -0.0975. The fourth-order valence-corrected chi connectivity index (χ4v) is 2.12. The normalized spacial score (nSPS) is 12.2. The topological polar surface area (TPSA) is 67.8 Å². The Hall–Kier alpha value is -0.600. The van der Waals surface area contributed by atoms with Gasteiger partial charge < -0.3 is 5.32 Å². The van der Waals surface area contributed by atoms with Crippen LogP contribution in [0, 0.1) is 0 Å². The number of nitrogens with one attached hydrogen (secondary N) is 1. The fourth-order valence-electron chi connectivity index (χ4n) is 1.53. The lowest BCUT2D eigenvalue weighted by molar-refractivity contribution is -0.432. The Kier molecular flexibility index (Phi) is 7.40. The molecule has 0 aliphatic heterocycles. The number of benzene rings is 1. The summed E-state index contributed by atoms with van der Waals surface area (Å²) >= 11 is 4.20. The van der Waals surface area contributed by atoms with Crippen LogP contribution in [0.5, 0.6) is 0 Å². The number of carbonyl (C=O) groups excluding carboxylic acids is 1. The van der Waals surface area contributed by atoms with Gasteiger partial charge >= 0.3 is 0 Å². The zero-order valence-electron chi connectivity index (χ0n) is 10.7. The number of amides is 1. The van der Waals surface area contributed by atoms with Gasteiger partial charge in [0.1, 0.15) is 0 Å². The predicted octanol–water partition coefficient (Wildman–Crippen LogP) is 3.19. The van der Waals surface area contributed by atoms with Crippen molar-refractivity contribution in [2.75, 3.05) is 5.33 Å². The lowest BCUT2D eigenvalue weighted by Gasteiger charge is -2.13. The third-order valence-corrected chi connectivity index (χ3v) is 4.02. The van der Waals surface area contributed by atoms with Crippen LogP contribution in [0.2, 0.25) is 0 Å². The second-order valence-corrected chi connectivity index (χ2v) is 5.35. The van der Waals surface area contributed by atoms with E-state index in [1.807, 2.05) is 19.9 Å².